The highest BCUT2D eigenvalue weighted by molar-refractivity contribution is 5.89. The summed E-state index contributed by atoms with van der Waals surface area (Å²) in [6.45, 7) is 2.34. The fourth-order valence-electron chi connectivity index (χ4n) is 1.52. The number of nitrogens with one attached hydrogen (secondary N) is 1. The van der Waals surface area contributed by atoms with Crippen molar-refractivity contribution >= 4 is 11.8 Å². The summed E-state index contributed by atoms with van der Waals surface area (Å²) in [5, 5.41) is 6.87. The lowest BCUT2D eigenvalue weighted by Crippen LogP contribution is -2.09. The second-order valence-electron chi connectivity index (χ2n) is 3.83. The summed E-state index contributed by atoms with van der Waals surface area (Å²) in [4.78, 5) is 19.6. The van der Waals surface area contributed by atoms with E-state index >= 15 is 0 Å². The molecule has 0 aliphatic heterocycles. The number of esters is 1. The SMILES string of the molecule is COC(=O)c1ccnc(NCCc2noc(C)n2)c1. The van der Waals surface area contributed by atoms with Crippen LogP contribution in [0.5, 0.6) is 0 Å². The van der Waals surface area contributed by atoms with Crippen LogP contribution >= 0.6 is 0 Å². The molecule has 0 aliphatic rings. The van der Waals surface area contributed by atoms with E-state index in [0.29, 0.717) is 36.1 Å². The fourth-order valence-corrected chi connectivity index (χ4v) is 1.52. The highest BCUT2D eigenvalue weighted by Crippen LogP contribution is 2.08. The minimum atomic E-state index is -0.390. The van der Waals surface area contributed by atoms with Crippen molar-refractivity contribution in [1.29, 1.82) is 0 Å². The minimum Gasteiger partial charge on any atom is -0.465 e. The van der Waals surface area contributed by atoms with Gasteiger partial charge in [0.05, 0.1) is 12.7 Å². The molecule has 2 aromatic heterocycles. The number of rotatable bonds is 5. The van der Waals surface area contributed by atoms with Crippen LogP contribution in [0, 0.1) is 6.92 Å². The molecule has 1 N–H and O–H groups in total. The molecule has 0 atom stereocenters. The van der Waals surface area contributed by atoms with Crippen molar-refractivity contribution in [1.82, 2.24) is 15.1 Å². The van der Waals surface area contributed by atoms with Crippen LogP contribution in [0.25, 0.3) is 0 Å². The maximum Gasteiger partial charge on any atom is 0.338 e. The molecule has 2 aromatic rings. The van der Waals surface area contributed by atoms with Crippen molar-refractivity contribution in [2.24, 2.45) is 0 Å². The Morgan fingerprint density at radius 1 is 1.53 bits per heavy atom. The van der Waals surface area contributed by atoms with E-state index in [1.165, 1.54) is 7.11 Å². The number of hydrogen-bond acceptors (Lipinski definition) is 7. The Morgan fingerprint density at radius 3 is 3.05 bits per heavy atom. The van der Waals surface area contributed by atoms with E-state index in [4.69, 9.17) is 4.52 Å². The Morgan fingerprint density at radius 2 is 2.37 bits per heavy atom. The first-order valence-corrected chi connectivity index (χ1v) is 5.76. The van der Waals surface area contributed by atoms with Crippen LogP contribution < -0.4 is 5.32 Å². The first-order chi connectivity index (χ1) is 9.19. The van der Waals surface area contributed by atoms with Crippen molar-refractivity contribution in [3.8, 4) is 0 Å². The topological polar surface area (TPSA) is 90.1 Å². The number of ether oxygens (including phenoxy) is 1. The molecule has 0 saturated carbocycles. The van der Waals surface area contributed by atoms with Crippen LogP contribution in [-0.2, 0) is 11.2 Å². The molecule has 7 heteroatoms. The summed E-state index contributed by atoms with van der Waals surface area (Å²) < 4.78 is 9.51. The average molecular weight is 262 g/mol. The zero-order valence-electron chi connectivity index (χ0n) is 10.7. The second-order valence-corrected chi connectivity index (χ2v) is 3.83. The van der Waals surface area contributed by atoms with Gasteiger partial charge in [-0.15, -0.1) is 0 Å². The molecule has 0 amide bonds. The van der Waals surface area contributed by atoms with Crippen molar-refractivity contribution in [3.63, 3.8) is 0 Å². The summed E-state index contributed by atoms with van der Waals surface area (Å²) >= 11 is 0. The van der Waals surface area contributed by atoms with Crippen LogP contribution in [-0.4, -0.2) is 34.7 Å². The molecule has 0 unspecified atom stereocenters. The van der Waals surface area contributed by atoms with Crippen LogP contribution in [0.1, 0.15) is 22.1 Å². The standard InChI is InChI=1S/C12H14N4O3/c1-8-15-10(16-19-8)4-6-14-11-7-9(3-5-13-11)12(17)18-2/h3,5,7H,4,6H2,1-2H3,(H,13,14). The zero-order valence-corrected chi connectivity index (χ0v) is 10.7. The molecule has 0 radical (unpaired) electrons. The molecule has 19 heavy (non-hydrogen) atoms. The van der Waals surface area contributed by atoms with Crippen molar-refractivity contribution in [3.05, 3.63) is 35.6 Å². The number of methoxy groups -OCH3 is 1. The Labute approximate surface area is 110 Å². The molecule has 0 saturated heterocycles. The number of hydrogen-bond donors (Lipinski definition) is 1. The fraction of sp³-hybridized carbons (Fsp3) is 0.333. The van der Waals surface area contributed by atoms with Gasteiger partial charge in [0.1, 0.15) is 5.82 Å². The van der Waals surface area contributed by atoms with Crippen LogP contribution in [0.3, 0.4) is 0 Å². The average Bonchev–Trinajstić information content (AvgIpc) is 2.84. The summed E-state index contributed by atoms with van der Waals surface area (Å²) in [6.07, 6.45) is 2.16. The molecule has 7 nitrogen and oxygen atoms in total. The molecule has 2 heterocycles. The highest BCUT2D eigenvalue weighted by atomic mass is 16.5. The monoisotopic (exact) mass is 262 g/mol. The van der Waals surface area contributed by atoms with E-state index in [9.17, 15) is 4.79 Å². The first-order valence-electron chi connectivity index (χ1n) is 5.76. The Bertz CT molecular complexity index is 568. The number of nitrogens with zero attached hydrogens (tertiary/aromatic N) is 3. The smallest absolute Gasteiger partial charge is 0.338 e. The third kappa shape index (κ3) is 3.51. The van der Waals surface area contributed by atoms with Crippen LogP contribution in [0.2, 0.25) is 0 Å². The molecular weight excluding hydrogens is 248 g/mol. The molecule has 2 rings (SSSR count). The molecule has 0 spiro atoms. The van der Waals surface area contributed by atoms with Crippen LogP contribution in [0.15, 0.2) is 22.9 Å². The predicted molar refractivity (Wildman–Crippen MR) is 66.8 cm³/mol. The van der Waals surface area contributed by atoms with E-state index in [2.05, 4.69) is 25.2 Å². The maximum absolute atomic E-state index is 11.4. The minimum absolute atomic E-state index is 0.390. The van der Waals surface area contributed by atoms with Gasteiger partial charge in [0.2, 0.25) is 5.89 Å². The molecule has 100 valence electrons. The quantitative estimate of drug-likeness (QED) is 0.810. The molecule has 0 aromatic carbocycles. The number of aryl methyl sites for hydroxylation is 1. The van der Waals surface area contributed by atoms with Gasteiger partial charge in [0.15, 0.2) is 5.82 Å². The number of anilines is 1. The summed E-state index contributed by atoms with van der Waals surface area (Å²) in [7, 11) is 1.34. The van der Waals surface area contributed by atoms with E-state index in [1.54, 1.807) is 25.3 Å². The maximum atomic E-state index is 11.4. The third-order valence-corrected chi connectivity index (χ3v) is 2.41. The van der Waals surface area contributed by atoms with Gasteiger partial charge in [-0.05, 0) is 12.1 Å². The van der Waals surface area contributed by atoms with E-state index in [-0.39, 0.29) is 5.97 Å². The lowest BCUT2D eigenvalue weighted by atomic mass is 10.2. The van der Waals surface area contributed by atoms with E-state index < -0.39 is 0 Å². The molecule has 0 fully saturated rings. The normalized spacial score (nSPS) is 10.2. The van der Waals surface area contributed by atoms with Gasteiger partial charge in [-0.25, -0.2) is 9.78 Å². The van der Waals surface area contributed by atoms with Gasteiger partial charge < -0.3 is 14.6 Å². The lowest BCUT2D eigenvalue weighted by molar-refractivity contribution is 0.0600. The lowest BCUT2D eigenvalue weighted by Gasteiger charge is -2.05. The Kier molecular flexibility index (Phi) is 4.07. The second kappa shape index (κ2) is 5.94. The van der Waals surface area contributed by atoms with Gasteiger partial charge in [0, 0.05) is 26.1 Å². The first kappa shape index (κ1) is 13.0. The summed E-state index contributed by atoms with van der Waals surface area (Å²) in [5.41, 5.74) is 0.454. The number of aromatic nitrogens is 3. The van der Waals surface area contributed by atoms with Crippen molar-refractivity contribution < 1.29 is 14.1 Å². The largest absolute Gasteiger partial charge is 0.465 e. The van der Waals surface area contributed by atoms with Crippen molar-refractivity contribution in [2.45, 2.75) is 13.3 Å². The summed E-state index contributed by atoms with van der Waals surface area (Å²) in [6, 6.07) is 3.23. The molecule has 0 aliphatic carbocycles. The number of carbonyl (C=O) groups excluding carboxylic acids is 1. The summed E-state index contributed by atoms with van der Waals surface area (Å²) in [5.74, 6) is 1.39. The van der Waals surface area contributed by atoms with Gasteiger partial charge in [0.25, 0.3) is 0 Å². The Balaban J connectivity index is 1.90. The van der Waals surface area contributed by atoms with Gasteiger partial charge in [-0.3, -0.25) is 0 Å². The van der Waals surface area contributed by atoms with Crippen molar-refractivity contribution in [2.75, 3.05) is 19.0 Å². The highest BCUT2D eigenvalue weighted by Gasteiger charge is 2.06. The molecule has 0 bridgehead atoms. The number of pyridine rings is 1. The number of carbonyl (C=O) groups is 1. The predicted octanol–water partition coefficient (Wildman–Crippen LogP) is 1.21. The van der Waals surface area contributed by atoms with E-state index in [0.717, 1.165) is 0 Å². The van der Waals surface area contributed by atoms with Gasteiger partial charge in [-0.1, -0.05) is 5.16 Å². The third-order valence-electron chi connectivity index (χ3n) is 2.41. The zero-order chi connectivity index (χ0) is 13.7. The van der Waals surface area contributed by atoms with Gasteiger partial charge >= 0.3 is 5.97 Å². The van der Waals surface area contributed by atoms with Gasteiger partial charge in [-0.2, -0.15) is 4.98 Å². The van der Waals surface area contributed by atoms with Crippen LogP contribution in [0.4, 0.5) is 5.82 Å². The van der Waals surface area contributed by atoms with E-state index in [1.807, 2.05) is 0 Å². The molecular formula is C12H14N4O3. The Hall–Kier alpha value is -2.44.